The third-order valence-electron chi connectivity index (χ3n) is 4.98. The van der Waals surface area contributed by atoms with Crippen molar-refractivity contribution in [3.8, 4) is 11.3 Å². The second-order valence-electron chi connectivity index (χ2n) is 7.12. The van der Waals surface area contributed by atoms with E-state index < -0.39 is 0 Å². The van der Waals surface area contributed by atoms with E-state index >= 15 is 0 Å². The average molecular weight is 463 g/mol. The summed E-state index contributed by atoms with van der Waals surface area (Å²) in [5.74, 6) is 1.30. The van der Waals surface area contributed by atoms with Gasteiger partial charge in [-0.25, -0.2) is 4.98 Å². The fourth-order valence-corrected chi connectivity index (χ4v) is 3.57. The highest BCUT2D eigenvalue weighted by molar-refractivity contribution is 6.30. The van der Waals surface area contributed by atoms with Gasteiger partial charge in [-0.15, -0.1) is 24.8 Å². The molecule has 0 saturated heterocycles. The Kier molecular flexibility index (Phi) is 12.3. The summed E-state index contributed by atoms with van der Waals surface area (Å²) in [6.07, 6.45) is 10.4. The lowest BCUT2D eigenvalue weighted by molar-refractivity contribution is -0.121. The molecular weight excluding hydrogens is 433 g/mol. The van der Waals surface area contributed by atoms with Gasteiger partial charge < -0.3 is 15.1 Å². The summed E-state index contributed by atoms with van der Waals surface area (Å²) in [5, 5.41) is 7.21. The molecule has 2 aromatic rings. The zero-order valence-electron chi connectivity index (χ0n) is 16.5. The molecule has 5 nitrogen and oxygen atoms in total. The third kappa shape index (κ3) is 8.95. The summed E-state index contributed by atoms with van der Waals surface area (Å²) < 4.78 is 5.73. The Balaban J connectivity index is 0.00000210. The Morgan fingerprint density at radius 1 is 1.07 bits per heavy atom. The van der Waals surface area contributed by atoms with Crippen LogP contribution in [-0.2, 0) is 11.2 Å². The van der Waals surface area contributed by atoms with Crippen LogP contribution in [0.4, 0.5) is 0 Å². The predicted octanol–water partition coefficient (Wildman–Crippen LogP) is 5.20. The number of aryl methyl sites for hydroxylation is 1. The normalized spacial score (nSPS) is 14.4. The maximum Gasteiger partial charge on any atom is 0.220 e. The number of nitrogens with one attached hydrogen (secondary N) is 2. The van der Waals surface area contributed by atoms with Crippen LogP contribution in [0, 0.1) is 0 Å². The number of benzene rings is 1. The van der Waals surface area contributed by atoms with E-state index in [9.17, 15) is 4.79 Å². The van der Waals surface area contributed by atoms with Crippen LogP contribution in [0.3, 0.4) is 0 Å². The van der Waals surface area contributed by atoms with Crippen LogP contribution in [0.25, 0.3) is 11.3 Å². The van der Waals surface area contributed by atoms with Gasteiger partial charge in [-0.2, -0.15) is 0 Å². The molecule has 1 amide bonds. The molecule has 1 aromatic carbocycles. The second kappa shape index (κ2) is 13.9. The molecular formula is C21H30Cl3N3O2. The Bertz CT molecular complexity index is 714. The number of hydrogen-bond donors (Lipinski definition) is 2. The maximum atomic E-state index is 12.0. The van der Waals surface area contributed by atoms with E-state index in [1.54, 1.807) is 6.20 Å². The van der Waals surface area contributed by atoms with Gasteiger partial charge in [0.15, 0.2) is 11.7 Å². The van der Waals surface area contributed by atoms with Crippen LogP contribution in [0.5, 0.6) is 0 Å². The molecule has 1 fully saturated rings. The lowest BCUT2D eigenvalue weighted by Gasteiger charge is -2.16. The summed E-state index contributed by atoms with van der Waals surface area (Å²) in [5.41, 5.74) is 0.923. The molecule has 1 saturated carbocycles. The number of oxazole rings is 1. The van der Waals surface area contributed by atoms with E-state index in [1.165, 1.54) is 38.5 Å². The molecule has 0 bridgehead atoms. The smallest absolute Gasteiger partial charge is 0.220 e. The van der Waals surface area contributed by atoms with Gasteiger partial charge in [0.25, 0.3) is 0 Å². The Hall–Kier alpha value is -1.27. The van der Waals surface area contributed by atoms with Gasteiger partial charge in [0, 0.05) is 42.6 Å². The van der Waals surface area contributed by atoms with Crippen molar-refractivity contribution in [2.75, 3.05) is 13.1 Å². The lowest BCUT2D eigenvalue weighted by atomic mass is 10.1. The number of carbonyl (C=O) groups excluding carboxylic acids is 1. The molecule has 1 aliphatic rings. The highest BCUT2D eigenvalue weighted by atomic mass is 35.5. The second-order valence-corrected chi connectivity index (χ2v) is 7.55. The Morgan fingerprint density at radius 3 is 2.45 bits per heavy atom. The average Bonchev–Trinajstić information content (AvgIpc) is 3.00. The zero-order chi connectivity index (χ0) is 18.9. The van der Waals surface area contributed by atoms with Crippen molar-refractivity contribution < 1.29 is 9.21 Å². The summed E-state index contributed by atoms with van der Waals surface area (Å²) >= 11 is 5.90. The number of halogens is 3. The van der Waals surface area contributed by atoms with Crippen LogP contribution in [0.2, 0.25) is 5.02 Å². The first-order valence-electron chi connectivity index (χ1n) is 9.91. The number of amides is 1. The molecule has 29 heavy (non-hydrogen) atoms. The van der Waals surface area contributed by atoms with E-state index in [2.05, 4.69) is 15.6 Å². The summed E-state index contributed by atoms with van der Waals surface area (Å²) in [6.45, 7) is 1.49. The largest absolute Gasteiger partial charge is 0.441 e. The van der Waals surface area contributed by atoms with Crippen LogP contribution >= 0.6 is 36.4 Å². The summed E-state index contributed by atoms with van der Waals surface area (Å²) in [7, 11) is 0. The molecule has 2 N–H and O–H groups in total. The molecule has 8 heteroatoms. The first kappa shape index (κ1) is 25.8. The third-order valence-corrected chi connectivity index (χ3v) is 5.24. The van der Waals surface area contributed by atoms with Gasteiger partial charge in [-0.3, -0.25) is 4.79 Å². The van der Waals surface area contributed by atoms with Gasteiger partial charge >= 0.3 is 0 Å². The molecule has 0 spiro atoms. The quantitative estimate of drug-likeness (QED) is 0.418. The number of nitrogens with zero attached hydrogens (tertiary/aromatic N) is 1. The first-order valence-corrected chi connectivity index (χ1v) is 10.3. The van der Waals surface area contributed by atoms with Gasteiger partial charge in [0.2, 0.25) is 5.91 Å². The Morgan fingerprint density at radius 2 is 1.76 bits per heavy atom. The minimum Gasteiger partial charge on any atom is -0.441 e. The van der Waals surface area contributed by atoms with E-state index in [-0.39, 0.29) is 30.7 Å². The van der Waals surface area contributed by atoms with Crippen LogP contribution < -0.4 is 10.6 Å². The summed E-state index contributed by atoms with van der Waals surface area (Å²) in [6, 6.07) is 8.02. The lowest BCUT2D eigenvalue weighted by Crippen LogP contribution is -2.36. The minimum absolute atomic E-state index is 0. The minimum atomic E-state index is 0. The Labute approximate surface area is 190 Å². The van der Waals surface area contributed by atoms with Gasteiger partial charge in [0.1, 0.15) is 0 Å². The fourth-order valence-electron chi connectivity index (χ4n) is 3.44. The molecule has 0 unspecified atom stereocenters. The van der Waals surface area contributed by atoms with Crippen molar-refractivity contribution in [1.82, 2.24) is 15.6 Å². The molecule has 0 atom stereocenters. The molecule has 0 radical (unpaired) electrons. The van der Waals surface area contributed by atoms with E-state index in [1.807, 2.05) is 24.3 Å². The molecule has 1 heterocycles. The molecule has 0 aliphatic heterocycles. The molecule has 3 rings (SSSR count). The van der Waals surface area contributed by atoms with Gasteiger partial charge in [-0.05, 0) is 37.1 Å². The van der Waals surface area contributed by atoms with Crippen LogP contribution in [0.1, 0.15) is 50.8 Å². The van der Waals surface area contributed by atoms with Crippen molar-refractivity contribution in [2.24, 2.45) is 0 Å². The van der Waals surface area contributed by atoms with Crippen LogP contribution in [0.15, 0.2) is 34.9 Å². The first-order chi connectivity index (χ1) is 13.2. The highest BCUT2D eigenvalue weighted by Crippen LogP contribution is 2.22. The van der Waals surface area contributed by atoms with Gasteiger partial charge in [0.05, 0.1) is 6.20 Å². The maximum absolute atomic E-state index is 12.0. The zero-order valence-corrected chi connectivity index (χ0v) is 18.9. The summed E-state index contributed by atoms with van der Waals surface area (Å²) in [4.78, 5) is 16.3. The SMILES string of the molecule is Cl.Cl.O=C(CCc1ncc(-c2ccc(Cl)cc2)o1)NCCNC1CCCCCC1. The number of rotatable bonds is 8. The number of carbonyl (C=O) groups is 1. The van der Waals surface area contributed by atoms with E-state index in [4.69, 9.17) is 16.0 Å². The van der Waals surface area contributed by atoms with Crippen molar-refractivity contribution in [2.45, 2.75) is 57.4 Å². The monoisotopic (exact) mass is 461 g/mol. The predicted molar refractivity (Wildman–Crippen MR) is 122 cm³/mol. The van der Waals surface area contributed by atoms with Crippen molar-refractivity contribution >= 4 is 42.3 Å². The van der Waals surface area contributed by atoms with E-state index in [0.29, 0.717) is 42.1 Å². The van der Waals surface area contributed by atoms with E-state index in [0.717, 1.165) is 12.1 Å². The van der Waals surface area contributed by atoms with Crippen molar-refractivity contribution in [3.63, 3.8) is 0 Å². The van der Waals surface area contributed by atoms with Crippen molar-refractivity contribution in [3.05, 3.63) is 41.4 Å². The van der Waals surface area contributed by atoms with Crippen molar-refractivity contribution in [1.29, 1.82) is 0 Å². The molecule has 1 aromatic heterocycles. The number of aromatic nitrogens is 1. The number of hydrogen-bond acceptors (Lipinski definition) is 4. The topological polar surface area (TPSA) is 67.2 Å². The standard InChI is InChI=1S/C21H28ClN3O2.2ClH/c22-17-9-7-16(8-10-17)19-15-25-21(27-19)12-11-20(26)24-14-13-23-18-5-3-1-2-4-6-18;;/h7-10,15,18,23H,1-6,11-14H2,(H,24,26);2*1H. The van der Waals surface area contributed by atoms with Gasteiger partial charge in [-0.1, -0.05) is 37.3 Å². The fraction of sp³-hybridized carbons (Fsp3) is 0.524. The molecule has 162 valence electrons. The molecule has 1 aliphatic carbocycles. The van der Waals surface area contributed by atoms with Crippen LogP contribution in [-0.4, -0.2) is 30.0 Å². The highest BCUT2D eigenvalue weighted by Gasteiger charge is 2.12.